The number of benzene rings is 2. The van der Waals surface area contributed by atoms with Crippen molar-refractivity contribution in [1.82, 2.24) is 0 Å². The van der Waals surface area contributed by atoms with Crippen molar-refractivity contribution in [3.63, 3.8) is 0 Å². The van der Waals surface area contributed by atoms with E-state index in [1.165, 1.54) is 33.6 Å². The first-order valence-electron chi connectivity index (χ1n) is 7.97. The highest BCUT2D eigenvalue weighted by molar-refractivity contribution is 8.35. The van der Waals surface area contributed by atoms with Crippen LogP contribution in [-0.4, -0.2) is 12.5 Å². The lowest BCUT2D eigenvalue weighted by atomic mass is 10.1. The lowest BCUT2D eigenvalue weighted by molar-refractivity contribution is 1.29. The van der Waals surface area contributed by atoms with Crippen LogP contribution in [0.25, 0.3) is 0 Å². The Hall–Kier alpha value is -1.87. The molecule has 2 aromatic rings. The minimum Gasteiger partial charge on any atom is -0.292 e. The summed E-state index contributed by atoms with van der Waals surface area (Å²) < 4.78 is 4.95. The van der Waals surface area contributed by atoms with Crippen molar-refractivity contribution in [2.45, 2.75) is 27.7 Å². The van der Waals surface area contributed by atoms with Crippen molar-refractivity contribution >= 4 is 21.8 Å². The SMILES string of the molecule is Cc1cccc(C)c1N1C=CN(c2c(C)cccc2C)S1(C)C. The maximum atomic E-state index is 2.48. The highest BCUT2D eigenvalue weighted by Gasteiger charge is 2.34. The zero-order valence-electron chi connectivity index (χ0n) is 14.9. The number of para-hydroxylation sites is 2. The van der Waals surface area contributed by atoms with Crippen LogP contribution in [0.5, 0.6) is 0 Å². The molecule has 0 radical (unpaired) electrons. The van der Waals surface area contributed by atoms with Gasteiger partial charge in [-0.2, -0.15) is 0 Å². The molecule has 0 aliphatic carbocycles. The molecule has 0 spiro atoms. The zero-order chi connectivity index (χ0) is 16.8. The van der Waals surface area contributed by atoms with Crippen molar-refractivity contribution in [3.05, 3.63) is 71.1 Å². The number of hydrogen-bond acceptors (Lipinski definition) is 2. The molecule has 0 atom stereocenters. The van der Waals surface area contributed by atoms with Crippen molar-refractivity contribution in [2.24, 2.45) is 0 Å². The van der Waals surface area contributed by atoms with E-state index < -0.39 is 10.4 Å². The standard InChI is InChI=1S/C20H26N2S/c1-15-9-7-10-16(2)19(15)21-13-14-22(23(21,5)6)20-17(3)11-8-12-18(20)4/h7-14H,1-6H3. The predicted molar refractivity (Wildman–Crippen MR) is 105 cm³/mol. The molecule has 2 nitrogen and oxygen atoms in total. The summed E-state index contributed by atoms with van der Waals surface area (Å²) in [5.74, 6) is 0. The summed E-state index contributed by atoms with van der Waals surface area (Å²) >= 11 is 0. The normalized spacial score (nSPS) is 17.7. The van der Waals surface area contributed by atoms with Gasteiger partial charge in [-0.15, -0.1) is 0 Å². The van der Waals surface area contributed by atoms with Crippen LogP contribution in [-0.2, 0) is 0 Å². The van der Waals surface area contributed by atoms with Crippen LogP contribution in [0.3, 0.4) is 0 Å². The van der Waals surface area contributed by atoms with E-state index in [1.807, 2.05) is 0 Å². The molecule has 0 aromatic heterocycles. The van der Waals surface area contributed by atoms with Gasteiger partial charge in [0.2, 0.25) is 0 Å². The molecule has 0 saturated carbocycles. The maximum absolute atomic E-state index is 2.48. The lowest BCUT2D eigenvalue weighted by Gasteiger charge is -2.46. The van der Waals surface area contributed by atoms with Gasteiger partial charge in [-0.25, -0.2) is 0 Å². The number of nitrogens with zero attached hydrogens (tertiary/aromatic N) is 2. The molecule has 1 aliphatic rings. The van der Waals surface area contributed by atoms with E-state index in [1.54, 1.807) is 0 Å². The molecule has 2 aromatic carbocycles. The van der Waals surface area contributed by atoms with Gasteiger partial charge in [0.25, 0.3) is 0 Å². The first kappa shape index (κ1) is 16.0. The third-order valence-electron chi connectivity index (χ3n) is 4.62. The second-order valence-corrected chi connectivity index (χ2v) is 9.88. The molecular weight excluding hydrogens is 300 g/mol. The Balaban J connectivity index is 2.09. The third kappa shape index (κ3) is 2.53. The summed E-state index contributed by atoms with van der Waals surface area (Å²) in [6, 6.07) is 13.1. The van der Waals surface area contributed by atoms with Crippen LogP contribution in [0, 0.1) is 27.7 Å². The van der Waals surface area contributed by atoms with E-state index in [0.29, 0.717) is 0 Å². The molecule has 0 saturated heterocycles. The summed E-state index contributed by atoms with van der Waals surface area (Å²) in [6.07, 6.45) is 9.22. The van der Waals surface area contributed by atoms with Gasteiger partial charge in [-0.1, -0.05) is 46.8 Å². The van der Waals surface area contributed by atoms with Gasteiger partial charge in [0.15, 0.2) is 0 Å². The monoisotopic (exact) mass is 326 g/mol. The highest BCUT2D eigenvalue weighted by Crippen LogP contribution is 2.58. The first-order valence-corrected chi connectivity index (χ1v) is 10.3. The topological polar surface area (TPSA) is 6.48 Å². The van der Waals surface area contributed by atoms with Gasteiger partial charge < -0.3 is 0 Å². The van der Waals surface area contributed by atoms with Crippen LogP contribution in [0.4, 0.5) is 11.4 Å². The average molecular weight is 327 g/mol. The van der Waals surface area contributed by atoms with Crippen molar-refractivity contribution in [1.29, 1.82) is 0 Å². The molecule has 0 unspecified atom stereocenters. The molecule has 1 aliphatic heterocycles. The van der Waals surface area contributed by atoms with Gasteiger partial charge in [0.1, 0.15) is 0 Å². The van der Waals surface area contributed by atoms with E-state index in [2.05, 4.69) is 97.6 Å². The quantitative estimate of drug-likeness (QED) is 0.707. The Morgan fingerprint density at radius 2 is 0.913 bits per heavy atom. The maximum Gasteiger partial charge on any atom is 0.0576 e. The molecule has 1 heterocycles. The van der Waals surface area contributed by atoms with Gasteiger partial charge >= 0.3 is 0 Å². The van der Waals surface area contributed by atoms with Crippen molar-refractivity contribution in [2.75, 3.05) is 21.1 Å². The highest BCUT2D eigenvalue weighted by atomic mass is 32.3. The van der Waals surface area contributed by atoms with E-state index in [0.717, 1.165) is 0 Å². The average Bonchev–Trinajstić information content (AvgIpc) is 2.75. The fourth-order valence-electron chi connectivity index (χ4n) is 3.42. The first-order chi connectivity index (χ1) is 10.8. The van der Waals surface area contributed by atoms with Gasteiger partial charge in [0.05, 0.1) is 11.4 Å². The number of hydrogen-bond donors (Lipinski definition) is 0. The second kappa shape index (κ2) is 5.64. The van der Waals surface area contributed by atoms with E-state index in [-0.39, 0.29) is 0 Å². The summed E-state index contributed by atoms with van der Waals surface area (Å²) in [7, 11) is -1.17. The van der Waals surface area contributed by atoms with Gasteiger partial charge in [-0.3, -0.25) is 8.61 Å². The summed E-state index contributed by atoms with van der Waals surface area (Å²) in [6.45, 7) is 8.81. The smallest absolute Gasteiger partial charge is 0.0576 e. The Kier molecular flexibility index (Phi) is 3.93. The summed E-state index contributed by atoms with van der Waals surface area (Å²) in [5, 5.41) is 0. The van der Waals surface area contributed by atoms with Crippen molar-refractivity contribution < 1.29 is 0 Å². The van der Waals surface area contributed by atoms with Crippen LogP contribution in [0.2, 0.25) is 0 Å². The largest absolute Gasteiger partial charge is 0.292 e. The second-order valence-electron chi connectivity index (χ2n) is 6.65. The van der Waals surface area contributed by atoms with Gasteiger partial charge in [-0.05, 0) is 62.5 Å². The van der Waals surface area contributed by atoms with E-state index in [4.69, 9.17) is 0 Å². The fourth-order valence-corrected chi connectivity index (χ4v) is 5.78. The number of rotatable bonds is 2. The van der Waals surface area contributed by atoms with Crippen LogP contribution in [0.15, 0.2) is 48.8 Å². The van der Waals surface area contributed by atoms with E-state index >= 15 is 0 Å². The molecular formula is C20H26N2S. The Morgan fingerprint density at radius 3 is 1.22 bits per heavy atom. The molecule has 0 amide bonds. The van der Waals surface area contributed by atoms with Gasteiger partial charge in [0, 0.05) is 12.4 Å². The van der Waals surface area contributed by atoms with Crippen LogP contribution >= 0.6 is 10.4 Å². The molecule has 122 valence electrons. The molecule has 3 rings (SSSR count). The molecule has 0 N–H and O–H groups in total. The number of anilines is 2. The zero-order valence-corrected chi connectivity index (χ0v) is 15.7. The van der Waals surface area contributed by atoms with Crippen molar-refractivity contribution in [3.8, 4) is 0 Å². The third-order valence-corrected chi connectivity index (χ3v) is 7.15. The Morgan fingerprint density at radius 1 is 0.609 bits per heavy atom. The molecule has 3 heteroatoms. The summed E-state index contributed by atoms with van der Waals surface area (Å²) in [4.78, 5) is 0. The molecule has 0 bridgehead atoms. The Bertz CT molecular complexity index is 673. The Labute approximate surface area is 142 Å². The predicted octanol–water partition coefficient (Wildman–Crippen LogP) is 5.61. The van der Waals surface area contributed by atoms with E-state index in [9.17, 15) is 0 Å². The lowest BCUT2D eigenvalue weighted by Crippen LogP contribution is -2.29. The van der Waals surface area contributed by atoms with Crippen LogP contribution < -0.4 is 8.61 Å². The minimum atomic E-state index is -1.17. The molecule has 23 heavy (non-hydrogen) atoms. The summed E-state index contributed by atoms with van der Waals surface area (Å²) in [5.41, 5.74) is 8.02. The molecule has 0 fully saturated rings. The number of aryl methyl sites for hydroxylation is 4. The minimum absolute atomic E-state index is 1.17. The fraction of sp³-hybridized carbons (Fsp3) is 0.300. The van der Waals surface area contributed by atoms with Crippen LogP contribution in [0.1, 0.15) is 22.3 Å².